The standard InChI is InChI=1S/C28H31ClIN3O4S/c1-3-17-31-28(35)26(18-21-9-5-4-6-10-21)32(19-22-11-7-8-12-25(22)29)27(34)20-33(38(2,36)37)24-15-13-23(30)14-16-24/h4-16,26H,3,17-20H2,1-2H3,(H,31,35)/t26-/m0/s1. The van der Waals surface area contributed by atoms with Gasteiger partial charge in [-0.3, -0.25) is 13.9 Å². The highest BCUT2D eigenvalue weighted by atomic mass is 127. The number of carbonyl (C=O) groups is 2. The van der Waals surface area contributed by atoms with Crippen molar-refractivity contribution in [2.45, 2.75) is 32.4 Å². The molecule has 3 aromatic carbocycles. The third-order valence-electron chi connectivity index (χ3n) is 5.91. The molecule has 0 heterocycles. The molecule has 7 nitrogen and oxygen atoms in total. The number of rotatable bonds is 12. The number of anilines is 1. The lowest BCUT2D eigenvalue weighted by Gasteiger charge is -2.33. The second-order valence-electron chi connectivity index (χ2n) is 8.86. The number of nitrogens with zero attached hydrogens (tertiary/aromatic N) is 2. The molecule has 1 N–H and O–H groups in total. The molecule has 0 bridgehead atoms. The first kappa shape index (κ1) is 29.9. The molecule has 0 radical (unpaired) electrons. The third kappa shape index (κ3) is 8.44. The summed E-state index contributed by atoms with van der Waals surface area (Å²) < 4.78 is 27.5. The third-order valence-corrected chi connectivity index (χ3v) is 8.14. The quantitative estimate of drug-likeness (QED) is 0.279. The SMILES string of the molecule is CCCNC(=O)[C@H](Cc1ccccc1)N(Cc1ccccc1Cl)C(=O)CN(c1ccc(I)cc1)S(C)(=O)=O. The van der Waals surface area contributed by atoms with E-state index >= 15 is 0 Å². The van der Waals surface area contributed by atoms with Gasteiger partial charge in [-0.2, -0.15) is 0 Å². The van der Waals surface area contributed by atoms with Crippen LogP contribution in [0.1, 0.15) is 24.5 Å². The highest BCUT2D eigenvalue weighted by molar-refractivity contribution is 14.1. The van der Waals surface area contributed by atoms with Gasteiger partial charge in [0, 0.05) is 28.1 Å². The molecule has 3 rings (SSSR count). The van der Waals surface area contributed by atoms with Crippen LogP contribution in [0.2, 0.25) is 5.02 Å². The van der Waals surface area contributed by atoms with Gasteiger partial charge >= 0.3 is 0 Å². The second-order valence-corrected chi connectivity index (χ2v) is 12.4. The molecule has 10 heteroatoms. The largest absolute Gasteiger partial charge is 0.354 e. The molecule has 0 fully saturated rings. The molecular weight excluding hydrogens is 637 g/mol. The minimum atomic E-state index is -3.80. The topological polar surface area (TPSA) is 86.8 Å². The normalized spacial score (nSPS) is 12.0. The van der Waals surface area contributed by atoms with Crippen molar-refractivity contribution >= 4 is 61.7 Å². The van der Waals surface area contributed by atoms with E-state index in [1.807, 2.05) is 43.3 Å². The summed E-state index contributed by atoms with van der Waals surface area (Å²) in [6.07, 6.45) is 2.05. The van der Waals surface area contributed by atoms with Crippen molar-refractivity contribution in [3.05, 3.63) is 98.6 Å². The Labute approximate surface area is 243 Å². The average molecular weight is 668 g/mol. The highest BCUT2D eigenvalue weighted by Crippen LogP contribution is 2.23. The molecule has 202 valence electrons. The number of hydrogen-bond acceptors (Lipinski definition) is 4. The fourth-order valence-corrected chi connectivity index (χ4v) is 5.36. The fourth-order valence-electron chi connectivity index (χ4n) is 3.95. The lowest BCUT2D eigenvalue weighted by atomic mass is 10.0. The summed E-state index contributed by atoms with van der Waals surface area (Å²) in [5.74, 6) is -0.822. The molecule has 0 saturated carbocycles. The molecule has 0 unspecified atom stereocenters. The first-order chi connectivity index (χ1) is 18.1. The van der Waals surface area contributed by atoms with Gasteiger partial charge in [-0.05, 0) is 70.5 Å². The summed E-state index contributed by atoms with van der Waals surface area (Å²) in [6.45, 7) is 1.98. The first-order valence-corrected chi connectivity index (χ1v) is 15.5. The first-order valence-electron chi connectivity index (χ1n) is 12.2. The zero-order valence-corrected chi connectivity index (χ0v) is 25.0. The predicted octanol–water partition coefficient (Wildman–Crippen LogP) is 4.88. The minimum Gasteiger partial charge on any atom is -0.354 e. The number of benzene rings is 3. The maximum atomic E-state index is 14.0. The lowest BCUT2D eigenvalue weighted by Crippen LogP contribution is -2.53. The second kappa shape index (κ2) is 14.0. The Hall–Kier alpha value is -2.63. The molecule has 3 aromatic rings. The van der Waals surface area contributed by atoms with E-state index < -0.39 is 28.5 Å². The Kier molecular flexibility index (Phi) is 11.0. The van der Waals surface area contributed by atoms with Crippen LogP contribution in [0.3, 0.4) is 0 Å². The minimum absolute atomic E-state index is 0.0415. The number of sulfonamides is 1. The Balaban J connectivity index is 2.04. The molecule has 0 aliphatic carbocycles. The van der Waals surface area contributed by atoms with Crippen LogP contribution in [0.25, 0.3) is 0 Å². The molecule has 0 saturated heterocycles. The molecule has 0 aliphatic rings. The zero-order valence-electron chi connectivity index (χ0n) is 21.3. The van der Waals surface area contributed by atoms with Crippen molar-refractivity contribution in [1.82, 2.24) is 10.2 Å². The summed E-state index contributed by atoms with van der Waals surface area (Å²) in [5, 5.41) is 3.37. The van der Waals surface area contributed by atoms with Gasteiger partial charge in [-0.15, -0.1) is 0 Å². The van der Waals surface area contributed by atoms with Crippen LogP contribution < -0.4 is 9.62 Å². The van der Waals surface area contributed by atoms with E-state index in [2.05, 4.69) is 27.9 Å². The molecule has 2 amide bonds. The van der Waals surface area contributed by atoms with E-state index in [-0.39, 0.29) is 18.9 Å². The molecule has 0 aliphatic heterocycles. The van der Waals surface area contributed by atoms with E-state index in [0.29, 0.717) is 22.8 Å². The zero-order chi connectivity index (χ0) is 27.7. The summed E-state index contributed by atoms with van der Waals surface area (Å²) >= 11 is 8.57. The van der Waals surface area contributed by atoms with Gasteiger partial charge in [-0.1, -0.05) is 67.1 Å². The van der Waals surface area contributed by atoms with Gasteiger partial charge in [-0.25, -0.2) is 8.42 Å². The summed E-state index contributed by atoms with van der Waals surface area (Å²) in [7, 11) is -3.80. The van der Waals surface area contributed by atoms with Crippen LogP contribution in [0, 0.1) is 3.57 Å². The van der Waals surface area contributed by atoms with Crippen LogP contribution in [-0.4, -0.2) is 50.5 Å². The Morgan fingerprint density at radius 2 is 1.61 bits per heavy atom. The van der Waals surface area contributed by atoms with E-state index in [1.54, 1.807) is 42.5 Å². The van der Waals surface area contributed by atoms with Crippen LogP contribution in [0.4, 0.5) is 5.69 Å². The number of hydrogen-bond donors (Lipinski definition) is 1. The summed E-state index contributed by atoms with van der Waals surface area (Å²) in [6, 6.07) is 22.5. The monoisotopic (exact) mass is 667 g/mol. The van der Waals surface area contributed by atoms with Crippen molar-refractivity contribution in [3.63, 3.8) is 0 Å². The molecule has 1 atom stereocenters. The summed E-state index contributed by atoms with van der Waals surface area (Å²) in [4.78, 5) is 28.8. The number of halogens is 2. The van der Waals surface area contributed by atoms with E-state index in [4.69, 9.17) is 11.6 Å². The Morgan fingerprint density at radius 1 is 0.974 bits per heavy atom. The van der Waals surface area contributed by atoms with Gasteiger partial charge in [0.2, 0.25) is 21.8 Å². The Morgan fingerprint density at radius 3 is 2.21 bits per heavy atom. The van der Waals surface area contributed by atoms with E-state index in [0.717, 1.165) is 26.1 Å². The van der Waals surface area contributed by atoms with E-state index in [1.165, 1.54) is 4.90 Å². The lowest BCUT2D eigenvalue weighted by molar-refractivity contribution is -0.140. The number of nitrogens with one attached hydrogen (secondary N) is 1. The smallest absolute Gasteiger partial charge is 0.244 e. The Bertz CT molecular complexity index is 1340. The number of amides is 2. The molecule has 38 heavy (non-hydrogen) atoms. The highest BCUT2D eigenvalue weighted by Gasteiger charge is 2.33. The van der Waals surface area contributed by atoms with Crippen LogP contribution in [-0.2, 0) is 32.6 Å². The van der Waals surface area contributed by atoms with Crippen molar-refractivity contribution in [2.24, 2.45) is 0 Å². The molecule has 0 aromatic heterocycles. The van der Waals surface area contributed by atoms with Gasteiger partial charge < -0.3 is 10.2 Å². The van der Waals surface area contributed by atoms with Crippen molar-refractivity contribution < 1.29 is 18.0 Å². The van der Waals surface area contributed by atoms with Crippen molar-refractivity contribution in [2.75, 3.05) is 23.7 Å². The van der Waals surface area contributed by atoms with Crippen LogP contribution in [0.15, 0.2) is 78.9 Å². The van der Waals surface area contributed by atoms with Crippen molar-refractivity contribution in [1.29, 1.82) is 0 Å². The maximum absolute atomic E-state index is 14.0. The summed E-state index contributed by atoms with van der Waals surface area (Å²) in [5.41, 5.74) is 1.90. The fraction of sp³-hybridized carbons (Fsp3) is 0.286. The van der Waals surface area contributed by atoms with Gasteiger partial charge in [0.25, 0.3) is 0 Å². The van der Waals surface area contributed by atoms with Crippen molar-refractivity contribution in [3.8, 4) is 0 Å². The van der Waals surface area contributed by atoms with Gasteiger partial charge in [0.1, 0.15) is 12.6 Å². The molecule has 0 spiro atoms. The van der Waals surface area contributed by atoms with E-state index in [9.17, 15) is 18.0 Å². The molecular formula is C28H31ClIN3O4S. The van der Waals surface area contributed by atoms with Crippen LogP contribution in [0.5, 0.6) is 0 Å². The van der Waals surface area contributed by atoms with Gasteiger partial charge in [0.15, 0.2) is 0 Å². The number of carbonyl (C=O) groups excluding carboxylic acids is 2. The average Bonchev–Trinajstić information content (AvgIpc) is 2.89. The van der Waals surface area contributed by atoms with Gasteiger partial charge in [0.05, 0.1) is 11.9 Å². The van der Waals surface area contributed by atoms with Crippen LogP contribution >= 0.6 is 34.2 Å². The predicted molar refractivity (Wildman–Crippen MR) is 161 cm³/mol. The maximum Gasteiger partial charge on any atom is 0.244 e.